The largest absolute Gasteiger partial charge is 0.493 e. The van der Waals surface area contributed by atoms with Gasteiger partial charge in [0, 0.05) is 0 Å². The first kappa shape index (κ1) is 12.0. The molecule has 2 rings (SSSR count). The van der Waals surface area contributed by atoms with E-state index in [0.29, 0.717) is 13.0 Å². The Balaban J connectivity index is 1.91. The van der Waals surface area contributed by atoms with Crippen LogP contribution in [0, 0.1) is 5.41 Å². The molecule has 1 N–H and O–H groups in total. The van der Waals surface area contributed by atoms with Crippen LogP contribution in [0.15, 0.2) is 18.2 Å². The molecule has 0 unspecified atom stereocenters. The molecular formula is C14H19NO2. The number of nitrogens with one attached hydrogen (secondary N) is 1. The Labute approximate surface area is 102 Å². The van der Waals surface area contributed by atoms with E-state index in [9.17, 15) is 0 Å². The highest BCUT2D eigenvalue weighted by atomic mass is 16.5. The molecule has 0 bridgehead atoms. The van der Waals surface area contributed by atoms with Crippen molar-refractivity contribution in [2.24, 2.45) is 0 Å². The molecule has 3 nitrogen and oxygen atoms in total. The van der Waals surface area contributed by atoms with Gasteiger partial charge in [-0.2, -0.15) is 0 Å². The molecule has 3 heteroatoms. The lowest BCUT2D eigenvalue weighted by molar-refractivity contribution is 0.307. The summed E-state index contributed by atoms with van der Waals surface area (Å²) in [6.45, 7) is 0.505. The first-order valence-electron chi connectivity index (χ1n) is 6.15. The fourth-order valence-corrected chi connectivity index (χ4v) is 2.16. The molecule has 0 saturated heterocycles. The SMILES string of the molecule is COC(=N)CCOc1ccc2c(c1)CCCC2. The quantitative estimate of drug-likeness (QED) is 0.641. The van der Waals surface area contributed by atoms with Gasteiger partial charge in [0.2, 0.25) is 0 Å². The summed E-state index contributed by atoms with van der Waals surface area (Å²) in [7, 11) is 1.52. The van der Waals surface area contributed by atoms with Gasteiger partial charge < -0.3 is 9.47 Å². The fraction of sp³-hybridized carbons (Fsp3) is 0.500. The van der Waals surface area contributed by atoms with Crippen molar-refractivity contribution in [3.63, 3.8) is 0 Å². The normalized spacial score (nSPS) is 13.9. The maximum absolute atomic E-state index is 7.35. The Morgan fingerprint density at radius 2 is 2.00 bits per heavy atom. The minimum absolute atomic E-state index is 0.267. The first-order chi connectivity index (χ1) is 8.29. The van der Waals surface area contributed by atoms with Crippen molar-refractivity contribution in [1.29, 1.82) is 5.41 Å². The molecule has 0 heterocycles. The number of rotatable bonds is 4. The molecule has 0 radical (unpaired) electrons. The third-order valence-electron chi connectivity index (χ3n) is 3.16. The van der Waals surface area contributed by atoms with Gasteiger partial charge in [-0.05, 0) is 48.9 Å². The van der Waals surface area contributed by atoms with Gasteiger partial charge in [-0.1, -0.05) is 6.07 Å². The molecule has 1 aromatic rings. The zero-order chi connectivity index (χ0) is 12.1. The molecule has 1 aliphatic rings. The maximum atomic E-state index is 7.35. The van der Waals surface area contributed by atoms with Crippen LogP contribution in [0.3, 0.4) is 0 Å². The molecule has 0 aromatic heterocycles. The first-order valence-corrected chi connectivity index (χ1v) is 6.15. The fourth-order valence-electron chi connectivity index (χ4n) is 2.16. The highest BCUT2D eigenvalue weighted by Gasteiger charge is 2.09. The van der Waals surface area contributed by atoms with E-state index in [0.717, 1.165) is 5.75 Å². The molecule has 17 heavy (non-hydrogen) atoms. The van der Waals surface area contributed by atoms with E-state index >= 15 is 0 Å². The van der Waals surface area contributed by atoms with Gasteiger partial charge >= 0.3 is 0 Å². The van der Waals surface area contributed by atoms with Crippen molar-refractivity contribution in [2.45, 2.75) is 32.1 Å². The van der Waals surface area contributed by atoms with E-state index < -0.39 is 0 Å². The Bertz CT molecular complexity index is 401. The van der Waals surface area contributed by atoms with Crippen molar-refractivity contribution >= 4 is 5.90 Å². The Hall–Kier alpha value is -1.51. The molecule has 0 fully saturated rings. The lowest BCUT2D eigenvalue weighted by atomic mass is 9.92. The van der Waals surface area contributed by atoms with Crippen LogP contribution >= 0.6 is 0 Å². The van der Waals surface area contributed by atoms with E-state index in [2.05, 4.69) is 12.1 Å². The Kier molecular flexibility index (Phi) is 4.02. The lowest BCUT2D eigenvalue weighted by Crippen LogP contribution is -2.08. The van der Waals surface area contributed by atoms with Crippen LogP contribution in [0.5, 0.6) is 5.75 Å². The van der Waals surface area contributed by atoms with E-state index in [-0.39, 0.29) is 5.90 Å². The van der Waals surface area contributed by atoms with Gasteiger partial charge in [0.1, 0.15) is 5.75 Å². The number of fused-ring (bicyclic) bond motifs is 1. The Morgan fingerprint density at radius 1 is 1.24 bits per heavy atom. The molecule has 1 aliphatic carbocycles. The molecule has 0 amide bonds. The number of methoxy groups -OCH3 is 1. The van der Waals surface area contributed by atoms with E-state index in [1.54, 1.807) is 0 Å². The smallest absolute Gasteiger partial charge is 0.183 e. The number of hydrogen-bond acceptors (Lipinski definition) is 3. The molecule has 0 atom stereocenters. The van der Waals surface area contributed by atoms with Gasteiger partial charge in [0.05, 0.1) is 20.1 Å². The predicted octanol–water partition coefficient (Wildman–Crippen LogP) is 2.96. The minimum atomic E-state index is 0.267. The second kappa shape index (κ2) is 5.71. The summed E-state index contributed by atoms with van der Waals surface area (Å²) in [6.07, 6.45) is 5.47. The predicted molar refractivity (Wildman–Crippen MR) is 67.9 cm³/mol. The summed E-state index contributed by atoms with van der Waals surface area (Å²) >= 11 is 0. The average molecular weight is 233 g/mol. The summed E-state index contributed by atoms with van der Waals surface area (Å²) in [6, 6.07) is 6.34. The summed E-state index contributed by atoms with van der Waals surface area (Å²) in [5.41, 5.74) is 2.89. The minimum Gasteiger partial charge on any atom is -0.493 e. The van der Waals surface area contributed by atoms with Crippen LogP contribution < -0.4 is 4.74 Å². The van der Waals surface area contributed by atoms with Crippen molar-refractivity contribution in [2.75, 3.05) is 13.7 Å². The third kappa shape index (κ3) is 3.22. The molecule has 92 valence electrons. The number of aryl methyl sites for hydroxylation is 2. The van der Waals surface area contributed by atoms with Crippen LogP contribution in [0.2, 0.25) is 0 Å². The lowest BCUT2D eigenvalue weighted by Gasteiger charge is -2.16. The Morgan fingerprint density at radius 3 is 2.76 bits per heavy atom. The van der Waals surface area contributed by atoms with Crippen molar-refractivity contribution in [3.05, 3.63) is 29.3 Å². The van der Waals surface area contributed by atoms with E-state index in [4.69, 9.17) is 14.9 Å². The summed E-state index contributed by atoms with van der Waals surface area (Å²) < 4.78 is 10.4. The van der Waals surface area contributed by atoms with E-state index in [1.807, 2.05) is 6.07 Å². The standard InChI is InChI=1S/C14H19NO2/c1-16-14(15)8-9-17-13-7-6-11-4-2-3-5-12(11)10-13/h6-7,10,15H,2-5,8-9H2,1H3. The number of hydrogen-bond donors (Lipinski definition) is 1. The maximum Gasteiger partial charge on any atom is 0.183 e. The highest BCUT2D eigenvalue weighted by molar-refractivity contribution is 5.72. The molecule has 0 spiro atoms. The summed E-state index contributed by atoms with van der Waals surface area (Å²) in [5.74, 6) is 1.18. The van der Waals surface area contributed by atoms with Crippen molar-refractivity contribution in [1.82, 2.24) is 0 Å². The third-order valence-corrected chi connectivity index (χ3v) is 3.16. The van der Waals surface area contributed by atoms with E-state index in [1.165, 1.54) is 43.9 Å². The van der Waals surface area contributed by atoms with Crippen molar-refractivity contribution in [3.8, 4) is 5.75 Å². The molecular weight excluding hydrogens is 214 g/mol. The number of ether oxygens (including phenoxy) is 2. The summed E-state index contributed by atoms with van der Waals surface area (Å²) in [4.78, 5) is 0. The zero-order valence-corrected chi connectivity index (χ0v) is 10.3. The van der Waals surface area contributed by atoms with Gasteiger partial charge in [-0.15, -0.1) is 0 Å². The second-order valence-electron chi connectivity index (χ2n) is 4.36. The molecule has 0 saturated carbocycles. The highest BCUT2D eigenvalue weighted by Crippen LogP contribution is 2.25. The van der Waals surface area contributed by atoms with Crippen LogP contribution in [0.25, 0.3) is 0 Å². The molecule has 0 aliphatic heterocycles. The second-order valence-corrected chi connectivity index (χ2v) is 4.36. The number of benzene rings is 1. The molecule has 1 aromatic carbocycles. The van der Waals surface area contributed by atoms with Gasteiger partial charge in [0.15, 0.2) is 5.90 Å². The topological polar surface area (TPSA) is 42.3 Å². The van der Waals surface area contributed by atoms with Gasteiger partial charge in [-0.25, -0.2) is 0 Å². The van der Waals surface area contributed by atoms with Crippen LogP contribution in [0.4, 0.5) is 0 Å². The van der Waals surface area contributed by atoms with Crippen LogP contribution in [-0.4, -0.2) is 19.6 Å². The van der Waals surface area contributed by atoms with Crippen LogP contribution in [0.1, 0.15) is 30.4 Å². The average Bonchev–Trinajstić information content (AvgIpc) is 2.38. The monoisotopic (exact) mass is 233 g/mol. The van der Waals surface area contributed by atoms with Gasteiger partial charge in [-0.3, -0.25) is 5.41 Å². The zero-order valence-electron chi connectivity index (χ0n) is 10.3. The van der Waals surface area contributed by atoms with Crippen LogP contribution in [-0.2, 0) is 17.6 Å². The van der Waals surface area contributed by atoms with Crippen molar-refractivity contribution < 1.29 is 9.47 Å². The van der Waals surface area contributed by atoms with Gasteiger partial charge in [0.25, 0.3) is 0 Å². The summed E-state index contributed by atoms with van der Waals surface area (Å²) in [5, 5.41) is 7.35.